The van der Waals surface area contributed by atoms with Crippen molar-refractivity contribution in [2.45, 2.75) is 71.9 Å². The summed E-state index contributed by atoms with van der Waals surface area (Å²) < 4.78 is 6.33. The summed E-state index contributed by atoms with van der Waals surface area (Å²) in [6, 6.07) is 0.865. The summed E-state index contributed by atoms with van der Waals surface area (Å²) in [6.07, 6.45) is 1.01. The van der Waals surface area contributed by atoms with E-state index >= 15 is 0 Å². The summed E-state index contributed by atoms with van der Waals surface area (Å²) in [7, 11) is -1.71. The molecule has 0 unspecified atom stereocenters. The van der Waals surface area contributed by atoms with Crippen LogP contribution in [0.15, 0.2) is 0 Å². The molecule has 0 amide bonds. The maximum Gasteiger partial charge on any atom is 0.190 e. The van der Waals surface area contributed by atoms with E-state index in [1.54, 1.807) is 0 Å². The largest absolute Gasteiger partial charge is 0.413 e. The Bertz CT molecular complexity index is 257. The normalized spacial score (nSPS) is 39.8. The van der Waals surface area contributed by atoms with Crippen LogP contribution in [0, 0.1) is 11.3 Å². The van der Waals surface area contributed by atoms with Crippen molar-refractivity contribution in [3.8, 4) is 0 Å². The molecule has 96 valence electrons. The van der Waals surface area contributed by atoms with Crippen molar-refractivity contribution >= 4 is 8.32 Å². The molecule has 1 heterocycles. The van der Waals surface area contributed by atoms with Crippen molar-refractivity contribution < 1.29 is 9.53 Å². The van der Waals surface area contributed by atoms with Gasteiger partial charge in [0.2, 0.25) is 0 Å². The Labute approximate surface area is 102 Å². The first kappa shape index (κ1) is 14.2. The molecule has 1 aliphatic rings. The first-order valence-corrected chi connectivity index (χ1v) is 9.53. The van der Waals surface area contributed by atoms with Gasteiger partial charge in [0.15, 0.2) is 8.32 Å². The van der Waals surface area contributed by atoms with E-state index < -0.39 is 13.9 Å². The van der Waals surface area contributed by atoms with Gasteiger partial charge >= 0.3 is 0 Å². The van der Waals surface area contributed by atoms with Crippen molar-refractivity contribution in [2.24, 2.45) is 11.3 Å². The van der Waals surface area contributed by atoms with Crippen LogP contribution in [0.2, 0.25) is 19.1 Å². The minimum Gasteiger partial charge on any atom is -0.413 e. The van der Waals surface area contributed by atoms with Crippen LogP contribution < -0.4 is 0 Å². The van der Waals surface area contributed by atoms with Crippen LogP contribution in [-0.4, -0.2) is 25.1 Å². The van der Waals surface area contributed by atoms with Gasteiger partial charge in [0.25, 0.3) is 0 Å². The lowest BCUT2D eigenvalue weighted by molar-refractivity contribution is -0.105. The molecule has 0 aromatic rings. The van der Waals surface area contributed by atoms with Gasteiger partial charge in [-0.1, -0.05) is 34.6 Å². The smallest absolute Gasteiger partial charge is 0.190 e. The highest BCUT2D eigenvalue weighted by Gasteiger charge is 2.52. The molecule has 1 fully saturated rings. The van der Waals surface area contributed by atoms with Gasteiger partial charge in [0, 0.05) is 5.92 Å². The Hall–Kier alpha value is 0.137. The van der Waals surface area contributed by atoms with Crippen LogP contribution in [-0.2, 0) is 4.43 Å². The van der Waals surface area contributed by atoms with Crippen LogP contribution in [0.4, 0.5) is 0 Å². The van der Waals surface area contributed by atoms with Crippen molar-refractivity contribution in [3.05, 3.63) is 0 Å². The van der Waals surface area contributed by atoms with Crippen molar-refractivity contribution in [1.82, 2.24) is 0 Å². The fourth-order valence-corrected chi connectivity index (χ4v) is 6.42. The third-order valence-corrected chi connectivity index (χ3v) is 6.30. The maximum absolute atomic E-state index is 10.8. The van der Waals surface area contributed by atoms with Crippen LogP contribution in [0.3, 0.4) is 0 Å². The highest BCUT2D eigenvalue weighted by molar-refractivity contribution is 6.71. The fourth-order valence-electron chi connectivity index (χ4n) is 3.04. The second kappa shape index (κ2) is 4.11. The summed E-state index contributed by atoms with van der Waals surface area (Å²) >= 11 is 0. The zero-order valence-corrected chi connectivity index (χ0v) is 12.9. The van der Waals surface area contributed by atoms with E-state index in [1.165, 1.54) is 0 Å². The minimum absolute atomic E-state index is 0.104. The third kappa shape index (κ3) is 2.69. The second-order valence-corrected chi connectivity index (χ2v) is 11.2. The van der Waals surface area contributed by atoms with E-state index in [1.807, 2.05) is 0 Å². The molecule has 0 aromatic carbocycles. The average Bonchev–Trinajstić information content (AvgIpc) is 2.09. The monoisotopic (exact) mass is 244 g/mol. The molecule has 1 N–H and O–H groups in total. The van der Waals surface area contributed by atoms with Crippen molar-refractivity contribution in [3.63, 3.8) is 0 Å². The van der Waals surface area contributed by atoms with Crippen molar-refractivity contribution in [2.75, 3.05) is 0 Å². The van der Waals surface area contributed by atoms with E-state index in [-0.39, 0.29) is 17.4 Å². The van der Waals surface area contributed by atoms with Gasteiger partial charge in [-0.25, -0.2) is 0 Å². The van der Waals surface area contributed by atoms with Gasteiger partial charge in [0.05, 0.1) is 11.7 Å². The zero-order chi connectivity index (χ0) is 12.8. The summed E-state index contributed by atoms with van der Waals surface area (Å²) in [5.41, 5.74) is -0.417. The van der Waals surface area contributed by atoms with E-state index in [4.69, 9.17) is 4.43 Å². The topological polar surface area (TPSA) is 29.5 Å². The molecule has 0 radical (unpaired) electrons. The molecule has 0 aliphatic carbocycles. The molecule has 1 aliphatic heterocycles. The molecule has 0 saturated carbocycles. The van der Waals surface area contributed by atoms with E-state index in [0.717, 1.165) is 12.5 Å². The number of hydrogen-bond acceptors (Lipinski definition) is 2. The zero-order valence-electron chi connectivity index (χ0n) is 11.9. The van der Waals surface area contributed by atoms with Crippen LogP contribution >= 0.6 is 0 Å². The Morgan fingerprint density at radius 1 is 1.38 bits per heavy atom. The van der Waals surface area contributed by atoms with Gasteiger partial charge in [-0.05, 0) is 31.0 Å². The van der Waals surface area contributed by atoms with E-state index in [2.05, 4.69) is 47.7 Å². The van der Waals surface area contributed by atoms with Crippen LogP contribution in [0.1, 0.15) is 41.0 Å². The third-order valence-electron chi connectivity index (χ3n) is 3.95. The van der Waals surface area contributed by atoms with E-state index in [0.29, 0.717) is 0 Å². The molecule has 2 nitrogen and oxygen atoms in total. The lowest BCUT2D eigenvalue weighted by atomic mass is 9.74. The second-order valence-electron chi connectivity index (χ2n) is 7.09. The first-order valence-electron chi connectivity index (χ1n) is 6.42. The average molecular weight is 244 g/mol. The van der Waals surface area contributed by atoms with Gasteiger partial charge in [-0.15, -0.1) is 0 Å². The lowest BCUT2D eigenvalue weighted by Gasteiger charge is -2.53. The Kier molecular flexibility index (Phi) is 3.65. The molecule has 0 bridgehead atoms. The standard InChI is InChI=1S/C13H28O2Si/c1-8-13(14)9-16(6,7)15-11(10(13)2)12(3,4)5/h10-11,14H,8-9H2,1-7H3/t10-,11-,13+/m1/s1. The van der Waals surface area contributed by atoms with E-state index in [9.17, 15) is 5.11 Å². The minimum atomic E-state index is -1.71. The fraction of sp³-hybridized carbons (Fsp3) is 1.00. The molecule has 3 heteroatoms. The summed E-state index contributed by atoms with van der Waals surface area (Å²) in [4.78, 5) is 0. The highest BCUT2D eigenvalue weighted by atomic mass is 28.4. The molecule has 3 atom stereocenters. The van der Waals surface area contributed by atoms with Crippen molar-refractivity contribution in [1.29, 1.82) is 0 Å². The quantitative estimate of drug-likeness (QED) is 0.716. The summed E-state index contributed by atoms with van der Waals surface area (Å²) in [5.74, 6) is 0.220. The molecular formula is C13H28O2Si. The Morgan fingerprint density at radius 2 is 1.88 bits per heavy atom. The first-order chi connectivity index (χ1) is 7.02. The number of hydrogen-bond donors (Lipinski definition) is 1. The molecule has 0 aromatic heterocycles. The SMILES string of the molecule is CC[C@]1(O)C[Si](C)(C)O[C@@H](C(C)(C)C)[C@H]1C. The lowest BCUT2D eigenvalue weighted by Crippen LogP contribution is -2.60. The molecule has 0 spiro atoms. The molecule has 1 saturated heterocycles. The van der Waals surface area contributed by atoms with Crippen LogP contribution in [0.25, 0.3) is 0 Å². The maximum atomic E-state index is 10.8. The number of aliphatic hydroxyl groups is 1. The molecular weight excluding hydrogens is 216 g/mol. The molecule has 1 rings (SSSR count). The predicted octanol–water partition coefficient (Wildman–Crippen LogP) is 3.41. The number of rotatable bonds is 1. The van der Waals surface area contributed by atoms with Gasteiger partial charge in [0.1, 0.15) is 0 Å². The van der Waals surface area contributed by atoms with Crippen LogP contribution in [0.5, 0.6) is 0 Å². The van der Waals surface area contributed by atoms with Gasteiger partial charge in [-0.2, -0.15) is 0 Å². The molecule has 16 heavy (non-hydrogen) atoms. The van der Waals surface area contributed by atoms with Gasteiger partial charge in [-0.3, -0.25) is 0 Å². The Morgan fingerprint density at radius 3 is 2.25 bits per heavy atom. The Balaban J connectivity index is 3.04. The highest BCUT2D eigenvalue weighted by Crippen LogP contribution is 2.45. The summed E-state index contributed by atoms with van der Waals surface area (Å²) in [6.45, 7) is 15.3. The summed E-state index contributed by atoms with van der Waals surface area (Å²) in [5, 5.41) is 10.8. The van der Waals surface area contributed by atoms with Gasteiger partial charge < -0.3 is 9.53 Å². The predicted molar refractivity (Wildman–Crippen MR) is 71.0 cm³/mol.